The predicted molar refractivity (Wildman–Crippen MR) is 81.5 cm³/mol. The van der Waals surface area contributed by atoms with Gasteiger partial charge in [-0.05, 0) is 68.5 Å². The van der Waals surface area contributed by atoms with Crippen LogP contribution in [-0.4, -0.2) is 19.6 Å². The van der Waals surface area contributed by atoms with E-state index in [0.29, 0.717) is 0 Å². The van der Waals surface area contributed by atoms with Crippen LogP contribution in [0, 0.1) is 11.8 Å². The molecule has 2 heteroatoms. The van der Waals surface area contributed by atoms with Crippen molar-refractivity contribution in [1.29, 1.82) is 0 Å². The van der Waals surface area contributed by atoms with Crippen molar-refractivity contribution in [1.82, 2.24) is 0 Å². The molecule has 0 aromatic heterocycles. The highest BCUT2D eigenvalue weighted by Gasteiger charge is 2.24. The average molecular weight is 258 g/mol. The van der Waals surface area contributed by atoms with Crippen molar-refractivity contribution < 1.29 is 0 Å². The van der Waals surface area contributed by atoms with Crippen LogP contribution in [0.1, 0.15) is 37.7 Å². The monoisotopic (exact) mass is 258 g/mol. The quantitative estimate of drug-likeness (QED) is 0.902. The Hall–Kier alpha value is -1.02. The van der Waals surface area contributed by atoms with Gasteiger partial charge in [0.05, 0.1) is 0 Å². The lowest BCUT2D eigenvalue weighted by Crippen LogP contribution is -2.35. The van der Waals surface area contributed by atoms with Gasteiger partial charge in [-0.3, -0.25) is 0 Å². The van der Waals surface area contributed by atoms with Crippen molar-refractivity contribution in [3.8, 4) is 0 Å². The van der Waals surface area contributed by atoms with Crippen LogP contribution in [0.25, 0.3) is 0 Å². The lowest BCUT2D eigenvalue weighted by molar-refractivity contribution is 0.280. The Kier molecular flexibility index (Phi) is 4.07. The second kappa shape index (κ2) is 5.96. The Morgan fingerprint density at radius 1 is 1.05 bits per heavy atom. The number of para-hydroxylation sites is 1. The molecule has 0 atom stereocenters. The Morgan fingerprint density at radius 3 is 2.58 bits per heavy atom. The van der Waals surface area contributed by atoms with Gasteiger partial charge in [-0.25, -0.2) is 0 Å². The third-order valence-corrected chi connectivity index (χ3v) is 4.98. The summed E-state index contributed by atoms with van der Waals surface area (Å²) in [5.74, 6) is 1.68. The standard InChI is InChI=1S/C17H26N2/c18-12-14-7-9-15(10-8-14)13-19-11-3-5-16-4-1-2-6-17(16)19/h1-2,4,6,14-15H,3,5,7-13,18H2. The molecule has 3 rings (SSSR count). The molecule has 1 aromatic carbocycles. The molecular formula is C17H26N2. The molecule has 0 unspecified atom stereocenters. The van der Waals surface area contributed by atoms with E-state index in [1.54, 1.807) is 5.56 Å². The highest BCUT2D eigenvalue weighted by Crippen LogP contribution is 2.32. The lowest BCUT2D eigenvalue weighted by Gasteiger charge is -2.36. The number of fused-ring (bicyclic) bond motifs is 1. The molecule has 2 nitrogen and oxygen atoms in total. The zero-order chi connectivity index (χ0) is 13.1. The molecular weight excluding hydrogens is 232 g/mol. The van der Waals surface area contributed by atoms with E-state index >= 15 is 0 Å². The molecule has 1 aliphatic carbocycles. The lowest BCUT2D eigenvalue weighted by atomic mass is 9.81. The minimum Gasteiger partial charge on any atom is -0.371 e. The van der Waals surface area contributed by atoms with Crippen LogP contribution in [-0.2, 0) is 6.42 Å². The average Bonchev–Trinajstić information content (AvgIpc) is 2.48. The van der Waals surface area contributed by atoms with Gasteiger partial charge in [0.25, 0.3) is 0 Å². The molecule has 0 spiro atoms. The van der Waals surface area contributed by atoms with E-state index in [0.717, 1.165) is 18.4 Å². The Labute approximate surface area is 117 Å². The van der Waals surface area contributed by atoms with Gasteiger partial charge in [-0.1, -0.05) is 18.2 Å². The zero-order valence-corrected chi connectivity index (χ0v) is 11.9. The van der Waals surface area contributed by atoms with E-state index in [4.69, 9.17) is 5.73 Å². The summed E-state index contributed by atoms with van der Waals surface area (Å²) in [6.07, 6.45) is 8.01. The van der Waals surface area contributed by atoms with Crippen LogP contribution in [0.3, 0.4) is 0 Å². The minimum atomic E-state index is 0.796. The van der Waals surface area contributed by atoms with E-state index in [2.05, 4.69) is 29.2 Å². The predicted octanol–water partition coefficient (Wildman–Crippen LogP) is 3.20. The molecule has 1 saturated carbocycles. The smallest absolute Gasteiger partial charge is 0.0398 e. The first-order valence-corrected chi connectivity index (χ1v) is 7.89. The first-order valence-electron chi connectivity index (χ1n) is 7.89. The van der Waals surface area contributed by atoms with Crippen LogP contribution < -0.4 is 10.6 Å². The number of nitrogens with two attached hydrogens (primary N) is 1. The van der Waals surface area contributed by atoms with Gasteiger partial charge in [-0.2, -0.15) is 0 Å². The summed E-state index contributed by atoms with van der Waals surface area (Å²) in [5.41, 5.74) is 8.83. The molecule has 1 heterocycles. The Bertz CT molecular complexity index is 407. The first kappa shape index (κ1) is 13.0. The van der Waals surface area contributed by atoms with E-state index in [1.807, 2.05) is 0 Å². The number of benzene rings is 1. The molecule has 2 N–H and O–H groups in total. The van der Waals surface area contributed by atoms with Gasteiger partial charge in [0.1, 0.15) is 0 Å². The molecule has 0 saturated heterocycles. The van der Waals surface area contributed by atoms with Gasteiger partial charge in [0.2, 0.25) is 0 Å². The Balaban J connectivity index is 1.62. The van der Waals surface area contributed by atoms with Crippen LogP contribution in [0.15, 0.2) is 24.3 Å². The summed E-state index contributed by atoms with van der Waals surface area (Å²) < 4.78 is 0. The second-order valence-electron chi connectivity index (χ2n) is 6.30. The summed E-state index contributed by atoms with van der Waals surface area (Å²) in [6, 6.07) is 8.96. The molecule has 1 aliphatic heterocycles. The second-order valence-corrected chi connectivity index (χ2v) is 6.30. The summed E-state index contributed by atoms with van der Waals surface area (Å²) in [7, 11) is 0. The summed E-state index contributed by atoms with van der Waals surface area (Å²) in [6.45, 7) is 3.39. The normalized spacial score (nSPS) is 27.1. The zero-order valence-electron chi connectivity index (χ0n) is 11.9. The largest absolute Gasteiger partial charge is 0.371 e. The van der Waals surface area contributed by atoms with Crippen molar-refractivity contribution in [2.75, 3.05) is 24.5 Å². The van der Waals surface area contributed by atoms with E-state index in [1.165, 1.54) is 57.3 Å². The third kappa shape index (κ3) is 2.94. The fraction of sp³-hybridized carbons (Fsp3) is 0.647. The molecule has 1 aromatic rings. The molecule has 0 bridgehead atoms. The number of nitrogens with zero attached hydrogens (tertiary/aromatic N) is 1. The first-order chi connectivity index (χ1) is 9.36. The molecule has 104 valence electrons. The van der Waals surface area contributed by atoms with E-state index in [-0.39, 0.29) is 0 Å². The van der Waals surface area contributed by atoms with Crippen molar-refractivity contribution in [2.45, 2.75) is 38.5 Å². The summed E-state index contributed by atoms with van der Waals surface area (Å²) in [5, 5.41) is 0. The number of rotatable bonds is 3. The number of aryl methyl sites for hydroxylation is 1. The van der Waals surface area contributed by atoms with Gasteiger partial charge in [0, 0.05) is 18.8 Å². The molecule has 1 fully saturated rings. The van der Waals surface area contributed by atoms with Crippen LogP contribution in [0.2, 0.25) is 0 Å². The van der Waals surface area contributed by atoms with Crippen molar-refractivity contribution >= 4 is 5.69 Å². The maximum atomic E-state index is 5.79. The number of hydrogen-bond donors (Lipinski definition) is 1. The van der Waals surface area contributed by atoms with Gasteiger partial charge in [-0.15, -0.1) is 0 Å². The number of anilines is 1. The van der Waals surface area contributed by atoms with Crippen molar-refractivity contribution in [3.63, 3.8) is 0 Å². The van der Waals surface area contributed by atoms with E-state index < -0.39 is 0 Å². The fourth-order valence-corrected chi connectivity index (χ4v) is 3.76. The van der Waals surface area contributed by atoms with E-state index in [9.17, 15) is 0 Å². The highest BCUT2D eigenvalue weighted by atomic mass is 15.1. The number of hydrogen-bond acceptors (Lipinski definition) is 2. The summed E-state index contributed by atoms with van der Waals surface area (Å²) >= 11 is 0. The van der Waals surface area contributed by atoms with Gasteiger partial charge in [0.15, 0.2) is 0 Å². The summed E-state index contributed by atoms with van der Waals surface area (Å²) in [4.78, 5) is 2.63. The minimum absolute atomic E-state index is 0.796. The molecule has 0 amide bonds. The SMILES string of the molecule is NCC1CCC(CN2CCCc3ccccc32)CC1. The fourth-order valence-electron chi connectivity index (χ4n) is 3.76. The Morgan fingerprint density at radius 2 is 1.79 bits per heavy atom. The molecule has 19 heavy (non-hydrogen) atoms. The van der Waals surface area contributed by atoms with Crippen molar-refractivity contribution in [3.05, 3.63) is 29.8 Å². The van der Waals surface area contributed by atoms with Gasteiger partial charge < -0.3 is 10.6 Å². The van der Waals surface area contributed by atoms with Crippen LogP contribution in [0.4, 0.5) is 5.69 Å². The third-order valence-electron chi connectivity index (χ3n) is 4.98. The van der Waals surface area contributed by atoms with Crippen LogP contribution in [0.5, 0.6) is 0 Å². The maximum absolute atomic E-state index is 5.79. The molecule has 2 aliphatic rings. The topological polar surface area (TPSA) is 29.3 Å². The van der Waals surface area contributed by atoms with Gasteiger partial charge >= 0.3 is 0 Å². The maximum Gasteiger partial charge on any atom is 0.0398 e. The van der Waals surface area contributed by atoms with Crippen LogP contribution >= 0.6 is 0 Å². The van der Waals surface area contributed by atoms with Crippen molar-refractivity contribution in [2.24, 2.45) is 17.6 Å². The highest BCUT2D eigenvalue weighted by molar-refractivity contribution is 5.55. The molecule has 0 radical (unpaired) electrons.